The van der Waals surface area contributed by atoms with Crippen LogP contribution in [-0.4, -0.2) is 39.9 Å². The number of nitro benzene ring substituents is 1. The molecule has 1 saturated heterocycles. The zero-order valence-corrected chi connectivity index (χ0v) is 12.5. The molecule has 1 N–H and O–H groups in total. The van der Waals surface area contributed by atoms with Crippen molar-refractivity contribution < 1.29 is 19.6 Å². The Morgan fingerprint density at radius 3 is 2.68 bits per heavy atom. The topological polar surface area (TPSA) is 101 Å². The van der Waals surface area contributed by atoms with Gasteiger partial charge in [-0.1, -0.05) is 6.07 Å². The third kappa shape index (κ3) is 2.79. The first-order valence-corrected chi connectivity index (χ1v) is 7.03. The van der Waals surface area contributed by atoms with Crippen LogP contribution >= 0.6 is 0 Å². The summed E-state index contributed by atoms with van der Waals surface area (Å²) in [5.41, 5.74) is -0.518. The minimum Gasteiger partial charge on any atom is -0.481 e. The highest BCUT2D eigenvalue weighted by Crippen LogP contribution is 2.31. The monoisotopic (exact) mass is 306 g/mol. The van der Waals surface area contributed by atoms with Crippen molar-refractivity contribution in [1.82, 2.24) is 4.90 Å². The third-order valence-electron chi connectivity index (χ3n) is 4.23. The van der Waals surface area contributed by atoms with Gasteiger partial charge in [0.25, 0.3) is 11.6 Å². The molecule has 1 aliphatic heterocycles. The van der Waals surface area contributed by atoms with Crippen molar-refractivity contribution in [1.29, 1.82) is 0 Å². The van der Waals surface area contributed by atoms with Crippen LogP contribution in [0.3, 0.4) is 0 Å². The Kier molecular flexibility index (Phi) is 4.16. The van der Waals surface area contributed by atoms with Gasteiger partial charge in [0, 0.05) is 30.3 Å². The number of likely N-dealkylation sites (tertiary alicyclic amines) is 1. The summed E-state index contributed by atoms with van der Waals surface area (Å²) in [7, 11) is 0. The second kappa shape index (κ2) is 5.75. The normalized spacial score (nSPS) is 21.5. The molecular formula is C15H18N2O5. The zero-order valence-electron chi connectivity index (χ0n) is 12.5. The Balaban J connectivity index is 2.31. The fraction of sp³-hybridized carbons (Fsp3) is 0.467. The highest BCUT2D eigenvalue weighted by atomic mass is 16.6. The van der Waals surface area contributed by atoms with Crippen molar-refractivity contribution in [2.45, 2.75) is 26.7 Å². The standard InChI is InChI=1S/C15H18N2O5/c1-10-11(5-3-6-12(10)17(21)22)13(18)16-8-4-7-15(2,9-16)14(19)20/h3,5-6H,4,7-9H2,1-2H3,(H,19,20). The van der Waals surface area contributed by atoms with E-state index in [2.05, 4.69) is 0 Å². The van der Waals surface area contributed by atoms with Crippen molar-refractivity contribution in [3.8, 4) is 0 Å². The smallest absolute Gasteiger partial charge is 0.311 e. The predicted molar refractivity (Wildman–Crippen MR) is 78.7 cm³/mol. The quantitative estimate of drug-likeness (QED) is 0.681. The lowest BCUT2D eigenvalue weighted by Crippen LogP contribution is -2.48. The molecule has 0 aromatic heterocycles. The van der Waals surface area contributed by atoms with E-state index in [1.54, 1.807) is 6.92 Å². The number of carbonyl (C=O) groups excluding carboxylic acids is 1. The molecule has 2 rings (SSSR count). The van der Waals surface area contributed by atoms with Crippen LogP contribution in [0, 0.1) is 22.5 Å². The lowest BCUT2D eigenvalue weighted by Gasteiger charge is -2.37. The number of carboxylic acid groups (broad SMARTS) is 1. The summed E-state index contributed by atoms with van der Waals surface area (Å²) in [5.74, 6) is -1.28. The number of carbonyl (C=O) groups is 2. The van der Waals surface area contributed by atoms with Crippen LogP contribution in [0.1, 0.15) is 35.7 Å². The Morgan fingerprint density at radius 1 is 1.41 bits per heavy atom. The van der Waals surface area contributed by atoms with E-state index in [-0.39, 0.29) is 23.7 Å². The van der Waals surface area contributed by atoms with Crippen LogP contribution in [0.5, 0.6) is 0 Å². The fourth-order valence-corrected chi connectivity index (χ4v) is 2.81. The van der Waals surface area contributed by atoms with Crippen molar-refractivity contribution in [3.05, 3.63) is 39.4 Å². The van der Waals surface area contributed by atoms with Gasteiger partial charge < -0.3 is 10.0 Å². The average molecular weight is 306 g/mol. The van der Waals surface area contributed by atoms with Crippen LogP contribution < -0.4 is 0 Å². The summed E-state index contributed by atoms with van der Waals surface area (Å²) in [6, 6.07) is 4.36. The van der Waals surface area contributed by atoms with Gasteiger partial charge in [0.05, 0.1) is 10.3 Å². The summed E-state index contributed by atoms with van der Waals surface area (Å²) < 4.78 is 0. The highest BCUT2D eigenvalue weighted by molar-refractivity contribution is 5.97. The molecule has 1 aromatic carbocycles. The first-order chi connectivity index (χ1) is 10.3. The van der Waals surface area contributed by atoms with Gasteiger partial charge in [0.15, 0.2) is 0 Å². The molecule has 1 fully saturated rings. The van der Waals surface area contributed by atoms with Crippen molar-refractivity contribution in [2.24, 2.45) is 5.41 Å². The number of nitrogens with zero attached hydrogens (tertiary/aromatic N) is 2. The highest BCUT2D eigenvalue weighted by Gasteiger charge is 2.39. The zero-order chi connectivity index (χ0) is 16.5. The van der Waals surface area contributed by atoms with E-state index in [9.17, 15) is 24.8 Å². The SMILES string of the molecule is Cc1c(C(=O)N2CCCC(C)(C(=O)O)C2)cccc1[N+](=O)[O-]. The number of hydrogen-bond donors (Lipinski definition) is 1. The number of hydrogen-bond acceptors (Lipinski definition) is 4. The van der Waals surface area contributed by atoms with Crippen molar-refractivity contribution in [2.75, 3.05) is 13.1 Å². The van der Waals surface area contributed by atoms with E-state index in [1.807, 2.05) is 0 Å². The largest absolute Gasteiger partial charge is 0.481 e. The van der Waals surface area contributed by atoms with Crippen molar-refractivity contribution >= 4 is 17.6 Å². The number of aliphatic carboxylic acids is 1. The van der Waals surface area contributed by atoms with Crippen LogP contribution in [0.15, 0.2) is 18.2 Å². The third-order valence-corrected chi connectivity index (χ3v) is 4.23. The summed E-state index contributed by atoms with van der Waals surface area (Å²) in [6.07, 6.45) is 1.11. The first-order valence-electron chi connectivity index (χ1n) is 7.03. The van der Waals surface area contributed by atoms with E-state index in [0.29, 0.717) is 24.9 Å². The average Bonchev–Trinajstić information content (AvgIpc) is 2.46. The van der Waals surface area contributed by atoms with E-state index in [1.165, 1.54) is 30.0 Å². The van der Waals surface area contributed by atoms with E-state index in [0.717, 1.165) is 0 Å². The minimum atomic E-state index is -0.970. The Morgan fingerprint density at radius 2 is 2.09 bits per heavy atom. The Labute approximate surface area is 127 Å². The van der Waals surface area contributed by atoms with Gasteiger partial charge in [-0.2, -0.15) is 0 Å². The van der Waals surface area contributed by atoms with E-state index < -0.39 is 16.3 Å². The molecule has 0 bridgehead atoms. The molecule has 1 unspecified atom stereocenters. The van der Waals surface area contributed by atoms with Gasteiger partial charge in [-0.25, -0.2) is 0 Å². The van der Waals surface area contributed by atoms with Gasteiger partial charge in [-0.05, 0) is 32.8 Å². The molecule has 1 atom stereocenters. The first kappa shape index (κ1) is 15.9. The van der Waals surface area contributed by atoms with Crippen molar-refractivity contribution in [3.63, 3.8) is 0 Å². The maximum absolute atomic E-state index is 12.6. The molecule has 1 aliphatic rings. The second-order valence-corrected chi connectivity index (χ2v) is 5.90. The Hall–Kier alpha value is -2.44. The van der Waals surface area contributed by atoms with E-state index in [4.69, 9.17) is 0 Å². The van der Waals surface area contributed by atoms with Gasteiger partial charge in [0.1, 0.15) is 0 Å². The maximum Gasteiger partial charge on any atom is 0.311 e. The molecule has 0 saturated carbocycles. The molecule has 0 aliphatic carbocycles. The summed E-state index contributed by atoms with van der Waals surface area (Å²) in [6.45, 7) is 3.73. The molecule has 7 nitrogen and oxygen atoms in total. The molecule has 7 heteroatoms. The summed E-state index contributed by atoms with van der Waals surface area (Å²) in [4.78, 5) is 35.9. The molecule has 1 amide bonds. The molecule has 118 valence electrons. The molecular weight excluding hydrogens is 288 g/mol. The molecule has 0 radical (unpaired) electrons. The summed E-state index contributed by atoms with van der Waals surface area (Å²) in [5, 5.41) is 20.3. The summed E-state index contributed by atoms with van der Waals surface area (Å²) >= 11 is 0. The number of benzene rings is 1. The molecule has 1 heterocycles. The number of nitro groups is 1. The molecule has 0 spiro atoms. The van der Waals surface area contributed by atoms with Gasteiger partial charge in [-0.15, -0.1) is 0 Å². The number of piperidine rings is 1. The fourth-order valence-electron chi connectivity index (χ4n) is 2.81. The molecule has 1 aromatic rings. The number of amides is 1. The maximum atomic E-state index is 12.6. The Bertz CT molecular complexity index is 643. The lowest BCUT2D eigenvalue weighted by atomic mass is 9.82. The molecule has 22 heavy (non-hydrogen) atoms. The minimum absolute atomic E-state index is 0.108. The lowest BCUT2D eigenvalue weighted by molar-refractivity contribution is -0.385. The van der Waals surface area contributed by atoms with Crippen LogP contribution in [0.25, 0.3) is 0 Å². The number of carboxylic acids is 1. The van der Waals surface area contributed by atoms with Crippen LogP contribution in [-0.2, 0) is 4.79 Å². The van der Waals surface area contributed by atoms with Crippen LogP contribution in [0.4, 0.5) is 5.69 Å². The van der Waals surface area contributed by atoms with E-state index >= 15 is 0 Å². The number of rotatable bonds is 3. The predicted octanol–water partition coefficient (Wildman–Crippen LogP) is 2.23. The van der Waals surface area contributed by atoms with Crippen LogP contribution in [0.2, 0.25) is 0 Å². The van der Waals surface area contributed by atoms with Gasteiger partial charge >= 0.3 is 5.97 Å². The second-order valence-electron chi connectivity index (χ2n) is 5.90. The van der Waals surface area contributed by atoms with Gasteiger partial charge in [-0.3, -0.25) is 19.7 Å². The van der Waals surface area contributed by atoms with Gasteiger partial charge in [0.2, 0.25) is 0 Å².